The topological polar surface area (TPSA) is 70.3 Å². The van der Waals surface area contributed by atoms with E-state index in [1.54, 1.807) is 0 Å². The first-order valence-corrected chi connectivity index (χ1v) is 3.32. The molecule has 13 heavy (non-hydrogen) atoms. The molecule has 0 bridgehead atoms. The van der Waals surface area contributed by atoms with Gasteiger partial charge in [-0.15, -0.1) is 0 Å². The molecule has 0 aliphatic heterocycles. The number of nitrogens with zero attached hydrogens (tertiary/aromatic N) is 3. The lowest BCUT2D eigenvalue weighted by Gasteiger charge is -1.97. The highest BCUT2D eigenvalue weighted by atomic mass is 15.3. The van der Waals surface area contributed by atoms with Crippen molar-refractivity contribution in [1.29, 1.82) is 5.41 Å². The summed E-state index contributed by atoms with van der Waals surface area (Å²) in [6.45, 7) is -2.68. The Labute approximate surface area is 84.4 Å². The molecule has 2 aromatic heterocycles. The van der Waals surface area contributed by atoms with Gasteiger partial charge in [-0.25, -0.2) is 4.68 Å². The largest absolute Gasteiger partial charge is 0.283 e. The number of aromatic nitrogens is 4. The SMILES string of the molecule is [2H]c1nn(-c2n[nH]c(=N)c([2H])c2[2H])c([2H])c1C([2H])([2H])[2H]. The van der Waals surface area contributed by atoms with Crippen LogP contribution in [0.4, 0.5) is 0 Å². The van der Waals surface area contributed by atoms with Gasteiger partial charge in [0.05, 0.1) is 11.7 Å². The maximum absolute atomic E-state index is 7.76. The summed E-state index contributed by atoms with van der Waals surface area (Å²) in [5.74, 6) is -0.306. The van der Waals surface area contributed by atoms with Crippen molar-refractivity contribution in [3.05, 3.63) is 35.5 Å². The Balaban J connectivity index is 2.73. The molecule has 2 rings (SSSR count). The lowest BCUT2D eigenvalue weighted by atomic mass is 10.4. The first-order chi connectivity index (χ1) is 9.14. The van der Waals surface area contributed by atoms with E-state index in [1.165, 1.54) is 0 Å². The minimum absolute atomic E-state index is 0.306. The molecule has 5 heteroatoms. The Bertz CT molecular complexity index is 728. The predicted octanol–water partition coefficient (Wildman–Crippen LogP) is 0.383. The molecule has 0 unspecified atom stereocenters. The van der Waals surface area contributed by atoms with E-state index in [4.69, 9.17) is 15.0 Å². The normalized spacial score (nSPS) is 18.9. The van der Waals surface area contributed by atoms with E-state index >= 15 is 0 Å². The van der Waals surface area contributed by atoms with Crippen molar-refractivity contribution < 1.29 is 9.60 Å². The molecule has 0 saturated carbocycles. The van der Waals surface area contributed by atoms with Crippen LogP contribution in [0.5, 0.6) is 0 Å². The van der Waals surface area contributed by atoms with Crippen molar-refractivity contribution in [1.82, 2.24) is 20.0 Å². The van der Waals surface area contributed by atoms with Crippen LogP contribution >= 0.6 is 0 Å². The van der Waals surface area contributed by atoms with Crippen molar-refractivity contribution in [3.63, 3.8) is 0 Å². The lowest BCUT2D eigenvalue weighted by molar-refractivity contribution is 0.797. The van der Waals surface area contributed by atoms with Gasteiger partial charge in [0.15, 0.2) is 5.82 Å². The summed E-state index contributed by atoms with van der Waals surface area (Å²) in [7, 11) is 0. The highest BCUT2D eigenvalue weighted by molar-refractivity contribution is 5.19. The van der Waals surface area contributed by atoms with Gasteiger partial charge in [0.2, 0.25) is 0 Å². The van der Waals surface area contributed by atoms with Crippen molar-refractivity contribution in [2.75, 3.05) is 0 Å². The van der Waals surface area contributed by atoms with Gasteiger partial charge in [-0.3, -0.25) is 10.5 Å². The lowest BCUT2D eigenvalue weighted by Crippen LogP contribution is -2.09. The smallest absolute Gasteiger partial charge is 0.173 e. The molecule has 2 N–H and O–H groups in total. The van der Waals surface area contributed by atoms with Crippen LogP contribution in [0, 0.1) is 12.3 Å². The summed E-state index contributed by atoms with van der Waals surface area (Å²) in [4.78, 5) is 0. The van der Waals surface area contributed by atoms with Crippen molar-refractivity contribution in [2.45, 2.75) is 6.85 Å². The summed E-state index contributed by atoms with van der Waals surface area (Å²) in [6.07, 6.45) is -1.21. The maximum atomic E-state index is 7.76. The van der Waals surface area contributed by atoms with Gasteiger partial charge < -0.3 is 0 Å². The molecule has 5 nitrogen and oxygen atoms in total. The minimum Gasteiger partial charge on any atom is -0.283 e. The van der Waals surface area contributed by atoms with Gasteiger partial charge >= 0.3 is 0 Å². The Morgan fingerprint density at radius 1 is 1.69 bits per heavy atom. The summed E-state index contributed by atoms with van der Waals surface area (Å²) < 4.78 is 52.9. The van der Waals surface area contributed by atoms with Crippen molar-refractivity contribution in [3.8, 4) is 5.82 Å². The molecule has 0 aliphatic carbocycles. The molecule has 2 heterocycles. The number of hydrogen-bond acceptors (Lipinski definition) is 3. The Morgan fingerprint density at radius 2 is 2.62 bits per heavy atom. The molecule has 66 valence electrons. The molecule has 0 fully saturated rings. The molecular weight excluding hydrogens is 166 g/mol. The maximum Gasteiger partial charge on any atom is 0.173 e. The van der Waals surface area contributed by atoms with Crippen LogP contribution < -0.4 is 5.49 Å². The van der Waals surface area contributed by atoms with Gasteiger partial charge in [-0.05, 0) is 24.5 Å². The van der Waals surface area contributed by atoms with Crippen LogP contribution in [0.25, 0.3) is 5.82 Å². The third-order valence-corrected chi connectivity index (χ3v) is 1.25. The second-order valence-corrected chi connectivity index (χ2v) is 2.18. The number of H-pyrrole nitrogens is 1. The zero-order valence-electron chi connectivity index (χ0n) is 13.3. The quantitative estimate of drug-likeness (QED) is 0.669. The number of hydrogen-bond donors (Lipinski definition) is 2. The van der Waals surface area contributed by atoms with E-state index < -0.39 is 36.8 Å². The fourth-order valence-corrected chi connectivity index (χ4v) is 0.740. The van der Waals surface area contributed by atoms with Crippen LogP contribution in [-0.4, -0.2) is 20.0 Å². The molecule has 0 aliphatic rings. The van der Waals surface area contributed by atoms with Crippen LogP contribution in [0.3, 0.4) is 0 Å². The Morgan fingerprint density at radius 3 is 3.38 bits per heavy atom. The van der Waals surface area contributed by atoms with E-state index in [2.05, 4.69) is 15.3 Å². The molecule has 0 spiro atoms. The van der Waals surface area contributed by atoms with E-state index in [-0.39, 0.29) is 11.3 Å². The minimum atomic E-state index is -2.68. The molecule has 2 aromatic rings. The fraction of sp³-hybridized carbons (Fsp3) is 0.125. The fourth-order valence-electron chi connectivity index (χ4n) is 0.740. The van der Waals surface area contributed by atoms with Crippen LogP contribution in [0.2, 0.25) is 0 Å². The second-order valence-electron chi connectivity index (χ2n) is 2.18. The first-order valence-electron chi connectivity index (χ1n) is 6.82. The second kappa shape index (κ2) is 2.85. The third-order valence-electron chi connectivity index (χ3n) is 1.25. The molecule has 0 amide bonds. The predicted molar refractivity (Wildman–Crippen MR) is 46.3 cm³/mol. The molecular formula is C8H9N5. The van der Waals surface area contributed by atoms with Crippen LogP contribution in [0.1, 0.15) is 15.2 Å². The Kier molecular flexibility index (Phi) is 0.680. The van der Waals surface area contributed by atoms with Gasteiger partial charge in [0, 0.05) is 10.3 Å². The van der Waals surface area contributed by atoms with Crippen LogP contribution in [-0.2, 0) is 0 Å². The van der Waals surface area contributed by atoms with Gasteiger partial charge in [0.1, 0.15) is 5.49 Å². The average Bonchev–Trinajstić information content (AvgIpc) is 2.61. The van der Waals surface area contributed by atoms with E-state index in [9.17, 15) is 0 Å². The number of rotatable bonds is 1. The highest BCUT2D eigenvalue weighted by Gasteiger charge is 1.97. The molecule has 0 aromatic carbocycles. The standard InChI is InChI=1S/C8H9N5/c1-6-4-10-13(5-6)8-3-2-7(9)11-12-8/h2-5H,1H3,(H2,9,11)/i1D3,2D,3D,4D,5D. The van der Waals surface area contributed by atoms with Crippen molar-refractivity contribution >= 4 is 0 Å². The molecule has 0 radical (unpaired) electrons. The number of aromatic amines is 1. The summed E-state index contributed by atoms with van der Waals surface area (Å²) in [5, 5.41) is 16.6. The zero-order chi connectivity index (χ0) is 15.2. The average molecular weight is 182 g/mol. The summed E-state index contributed by atoms with van der Waals surface area (Å²) >= 11 is 0. The van der Waals surface area contributed by atoms with Gasteiger partial charge in [-0.1, -0.05) is 0 Å². The molecule has 0 atom stereocenters. The monoisotopic (exact) mass is 182 g/mol. The molecule has 0 saturated heterocycles. The van der Waals surface area contributed by atoms with Crippen molar-refractivity contribution in [2.24, 2.45) is 0 Å². The number of nitrogens with one attached hydrogen (secondary N) is 2. The Hall–Kier alpha value is -1.91. The van der Waals surface area contributed by atoms with E-state index in [1.807, 2.05) is 0 Å². The summed E-state index contributed by atoms with van der Waals surface area (Å²) in [5.41, 5.74) is -0.945. The first kappa shape index (κ1) is 3.10. The third kappa shape index (κ3) is 1.48. The zero-order valence-corrected chi connectivity index (χ0v) is 6.34. The highest BCUT2D eigenvalue weighted by Crippen LogP contribution is 2.00. The van der Waals surface area contributed by atoms with Gasteiger partial charge in [-0.2, -0.15) is 10.2 Å². The summed E-state index contributed by atoms with van der Waals surface area (Å²) in [6, 6.07) is -0.950. The van der Waals surface area contributed by atoms with E-state index in [0.717, 1.165) is 0 Å². The van der Waals surface area contributed by atoms with E-state index in [0.29, 0.717) is 4.68 Å². The van der Waals surface area contributed by atoms with Crippen LogP contribution in [0.15, 0.2) is 24.4 Å². The van der Waals surface area contributed by atoms with Gasteiger partial charge in [0.25, 0.3) is 0 Å².